The van der Waals surface area contributed by atoms with Crippen LogP contribution in [0.15, 0.2) is 58.1 Å². The second-order valence-corrected chi connectivity index (χ2v) is 9.09. The van der Waals surface area contributed by atoms with Crippen molar-refractivity contribution < 1.29 is 14.3 Å². The molecule has 36 heavy (non-hydrogen) atoms. The molecule has 1 aliphatic rings. The third-order valence-corrected chi connectivity index (χ3v) is 6.65. The summed E-state index contributed by atoms with van der Waals surface area (Å²) in [6.45, 7) is 4.40. The number of carbonyl (C=O) groups is 2. The normalized spacial score (nSPS) is 14.2. The van der Waals surface area contributed by atoms with Gasteiger partial charge in [-0.3, -0.25) is 19.1 Å². The smallest absolute Gasteiger partial charge is 0.337 e. The summed E-state index contributed by atoms with van der Waals surface area (Å²) in [6.07, 6.45) is 2.54. The van der Waals surface area contributed by atoms with Gasteiger partial charge in [-0.05, 0) is 36.6 Å². The van der Waals surface area contributed by atoms with Crippen LogP contribution in [0.4, 0.5) is 0 Å². The number of rotatable bonds is 9. The molecule has 0 radical (unpaired) electrons. The Morgan fingerprint density at radius 1 is 0.944 bits per heavy atom. The van der Waals surface area contributed by atoms with Crippen molar-refractivity contribution in [2.45, 2.75) is 38.8 Å². The van der Waals surface area contributed by atoms with Crippen LogP contribution in [0.3, 0.4) is 0 Å². The van der Waals surface area contributed by atoms with Crippen LogP contribution in [-0.4, -0.2) is 64.5 Å². The Morgan fingerprint density at radius 3 is 2.42 bits per heavy atom. The van der Waals surface area contributed by atoms with Crippen LogP contribution >= 0.6 is 0 Å². The van der Waals surface area contributed by atoms with Crippen molar-refractivity contribution in [3.63, 3.8) is 0 Å². The van der Waals surface area contributed by atoms with E-state index >= 15 is 0 Å². The minimum absolute atomic E-state index is 0.163. The van der Waals surface area contributed by atoms with Gasteiger partial charge < -0.3 is 14.6 Å². The van der Waals surface area contributed by atoms with Crippen LogP contribution < -0.4 is 11.2 Å². The number of hydrogen-bond acceptors (Lipinski definition) is 6. The van der Waals surface area contributed by atoms with Crippen LogP contribution in [0.1, 0.15) is 41.6 Å². The van der Waals surface area contributed by atoms with Crippen LogP contribution in [0.2, 0.25) is 0 Å². The molecule has 4 rings (SSSR count). The van der Waals surface area contributed by atoms with Gasteiger partial charge in [-0.25, -0.2) is 9.59 Å². The standard InChI is InChI=1S/C27H32N4O5/c1-36-26(34)21-11-12-22-23(18-21)28-27(35)31(25(22)33)13-7-3-6-10-24(32)30-16-14-29(15-17-30)19-20-8-4-2-5-9-20/h2,4-5,8-9,11-12,18H,3,6-7,10,13-17,19H2,1H3,(H,28,35). The van der Waals surface area contributed by atoms with Crippen molar-refractivity contribution in [2.75, 3.05) is 33.3 Å². The highest BCUT2D eigenvalue weighted by atomic mass is 16.5. The second kappa shape index (κ2) is 11.8. The molecule has 0 aliphatic carbocycles. The van der Waals surface area contributed by atoms with Gasteiger partial charge in [0, 0.05) is 45.7 Å². The largest absolute Gasteiger partial charge is 0.465 e. The van der Waals surface area contributed by atoms with Gasteiger partial charge in [0.1, 0.15) is 0 Å². The molecule has 0 bridgehead atoms. The molecule has 190 valence electrons. The fraction of sp³-hybridized carbons (Fsp3) is 0.407. The van der Waals surface area contributed by atoms with Crippen LogP contribution in [0, 0.1) is 0 Å². The number of H-pyrrole nitrogens is 1. The first-order chi connectivity index (χ1) is 17.5. The lowest BCUT2D eigenvalue weighted by molar-refractivity contribution is -0.133. The van der Waals surface area contributed by atoms with E-state index in [4.69, 9.17) is 0 Å². The molecule has 1 aromatic heterocycles. The third kappa shape index (κ3) is 6.09. The van der Waals surface area contributed by atoms with Gasteiger partial charge in [0.25, 0.3) is 5.56 Å². The number of aromatic amines is 1. The Bertz CT molecular complexity index is 1320. The highest BCUT2D eigenvalue weighted by Crippen LogP contribution is 2.12. The molecule has 1 saturated heterocycles. The van der Waals surface area contributed by atoms with Crippen LogP contribution in [0.5, 0.6) is 0 Å². The van der Waals surface area contributed by atoms with E-state index in [2.05, 4.69) is 26.8 Å². The number of esters is 1. The van der Waals surface area contributed by atoms with Crippen molar-refractivity contribution in [3.8, 4) is 0 Å². The number of fused-ring (bicyclic) bond motifs is 1. The first-order valence-electron chi connectivity index (χ1n) is 12.4. The number of unbranched alkanes of at least 4 members (excludes halogenated alkanes) is 2. The molecular formula is C27H32N4O5. The molecule has 2 heterocycles. The summed E-state index contributed by atoms with van der Waals surface area (Å²) in [5.74, 6) is -0.373. The quantitative estimate of drug-likeness (QED) is 0.363. The van der Waals surface area contributed by atoms with E-state index < -0.39 is 17.2 Å². The number of amides is 1. The Balaban J connectivity index is 1.22. The average molecular weight is 493 g/mol. The van der Waals surface area contributed by atoms with E-state index in [-0.39, 0.29) is 18.0 Å². The van der Waals surface area contributed by atoms with Crippen molar-refractivity contribution in [1.29, 1.82) is 0 Å². The number of carbonyl (C=O) groups excluding carboxylic acids is 2. The molecule has 0 saturated carbocycles. The Labute approximate surface area is 209 Å². The number of nitrogens with one attached hydrogen (secondary N) is 1. The maximum absolute atomic E-state index is 12.8. The van der Waals surface area contributed by atoms with E-state index in [1.807, 2.05) is 23.1 Å². The number of ether oxygens (including phenoxy) is 1. The number of aromatic nitrogens is 2. The summed E-state index contributed by atoms with van der Waals surface area (Å²) < 4.78 is 5.86. The predicted molar refractivity (Wildman–Crippen MR) is 137 cm³/mol. The Kier molecular flexibility index (Phi) is 8.32. The van der Waals surface area contributed by atoms with E-state index in [9.17, 15) is 19.2 Å². The van der Waals surface area contributed by atoms with Crippen molar-refractivity contribution >= 4 is 22.8 Å². The molecule has 3 aromatic rings. The van der Waals surface area contributed by atoms with Crippen molar-refractivity contribution in [2.24, 2.45) is 0 Å². The molecule has 9 heteroatoms. The van der Waals surface area contributed by atoms with Crippen LogP contribution in [0.25, 0.3) is 10.9 Å². The highest BCUT2D eigenvalue weighted by molar-refractivity contribution is 5.93. The molecule has 2 aromatic carbocycles. The Morgan fingerprint density at radius 2 is 1.69 bits per heavy atom. The highest BCUT2D eigenvalue weighted by Gasteiger charge is 2.20. The SMILES string of the molecule is COC(=O)c1ccc2c(=O)n(CCCCCC(=O)N3CCN(Cc4ccccc4)CC3)c(=O)[nH]c2c1. The lowest BCUT2D eigenvalue weighted by Gasteiger charge is -2.34. The van der Waals surface area contributed by atoms with Gasteiger partial charge in [0.15, 0.2) is 0 Å². The average Bonchev–Trinajstić information content (AvgIpc) is 2.90. The lowest BCUT2D eigenvalue weighted by Crippen LogP contribution is -2.48. The number of piperazine rings is 1. The molecular weight excluding hydrogens is 460 g/mol. The zero-order chi connectivity index (χ0) is 25.5. The number of methoxy groups -OCH3 is 1. The summed E-state index contributed by atoms with van der Waals surface area (Å²) in [4.78, 5) is 56.5. The van der Waals surface area contributed by atoms with Gasteiger partial charge in [-0.15, -0.1) is 0 Å². The van der Waals surface area contributed by atoms with E-state index in [1.54, 1.807) is 0 Å². The van der Waals surface area contributed by atoms with Crippen LogP contribution in [-0.2, 0) is 22.6 Å². The minimum atomic E-state index is -0.537. The number of nitrogens with zero attached hydrogens (tertiary/aromatic N) is 3. The summed E-state index contributed by atoms with van der Waals surface area (Å²) in [5, 5.41) is 0.337. The second-order valence-electron chi connectivity index (χ2n) is 9.09. The zero-order valence-electron chi connectivity index (χ0n) is 20.6. The molecule has 1 aliphatic heterocycles. The van der Waals surface area contributed by atoms with Gasteiger partial charge >= 0.3 is 11.7 Å². The molecule has 1 fully saturated rings. The molecule has 1 N–H and O–H groups in total. The first kappa shape index (κ1) is 25.4. The van der Waals surface area contributed by atoms with E-state index in [0.717, 1.165) is 39.1 Å². The Hall–Kier alpha value is -3.72. The van der Waals surface area contributed by atoms with Gasteiger partial charge in [-0.1, -0.05) is 36.8 Å². The van der Waals surface area contributed by atoms with Crippen molar-refractivity contribution in [3.05, 3.63) is 80.5 Å². The molecule has 9 nitrogen and oxygen atoms in total. The first-order valence-corrected chi connectivity index (χ1v) is 12.4. The number of hydrogen-bond donors (Lipinski definition) is 1. The molecule has 0 spiro atoms. The zero-order valence-corrected chi connectivity index (χ0v) is 20.6. The predicted octanol–water partition coefficient (Wildman–Crippen LogP) is 2.38. The fourth-order valence-electron chi connectivity index (χ4n) is 4.58. The summed E-state index contributed by atoms with van der Waals surface area (Å²) >= 11 is 0. The maximum Gasteiger partial charge on any atom is 0.337 e. The summed E-state index contributed by atoms with van der Waals surface area (Å²) in [7, 11) is 1.27. The van der Waals surface area contributed by atoms with Gasteiger partial charge in [-0.2, -0.15) is 0 Å². The topological polar surface area (TPSA) is 105 Å². The molecule has 0 atom stereocenters. The van der Waals surface area contributed by atoms with E-state index in [0.29, 0.717) is 30.2 Å². The monoisotopic (exact) mass is 492 g/mol. The number of benzene rings is 2. The molecule has 1 amide bonds. The minimum Gasteiger partial charge on any atom is -0.465 e. The summed E-state index contributed by atoms with van der Waals surface area (Å²) in [5.41, 5.74) is 0.944. The summed E-state index contributed by atoms with van der Waals surface area (Å²) in [6, 6.07) is 14.8. The molecule has 0 unspecified atom stereocenters. The van der Waals surface area contributed by atoms with E-state index in [1.165, 1.54) is 35.4 Å². The lowest BCUT2D eigenvalue weighted by atomic mass is 10.1. The third-order valence-electron chi connectivity index (χ3n) is 6.65. The fourth-order valence-corrected chi connectivity index (χ4v) is 4.58. The van der Waals surface area contributed by atoms with Gasteiger partial charge in [0.05, 0.1) is 23.6 Å². The van der Waals surface area contributed by atoms with Gasteiger partial charge in [0.2, 0.25) is 5.91 Å². The van der Waals surface area contributed by atoms with Crippen molar-refractivity contribution in [1.82, 2.24) is 19.4 Å². The maximum atomic E-state index is 12.8.